The third-order valence-electron chi connectivity index (χ3n) is 5.15. The Balaban J connectivity index is 1.45. The maximum absolute atomic E-state index is 5.26. The number of methoxy groups -OCH3 is 1. The lowest BCUT2D eigenvalue weighted by atomic mass is 10.1. The number of aromatic nitrogens is 5. The summed E-state index contributed by atoms with van der Waals surface area (Å²) >= 11 is 0. The molecule has 0 N–H and O–H groups in total. The summed E-state index contributed by atoms with van der Waals surface area (Å²) < 4.78 is 9.11. The van der Waals surface area contributed by atoms with Crippen molar-refractivity contribution in [1.82, 2.24) is 24.5 Å². The SMILES string of the molecule is COc1ccc(-n2nncc2N2CN=C3c4ccccc4-n4cncc4N32)cc1. The Morgan fingerprint density at radius 1 is 0.966 bits per heavy atom. The zero-order valence-corrected chi connectivity index (χ0v) is 15.5. The predicted molar refractivity (Wildman–Crippen MR) is 108 cm³/mol. The van der Waals surface area contributed by atoms with Gasteiger partial charge in [0.05, 0.1) is 30.9 Å². The van der Waals surface area contributed by atoms with E-state index < -0.39 is 0 Å². The van der Waals surface area contributed by atoms with Crippen LogP contribution in [0.3, 0.4) is 0 Å². The van der Waals surface area contributed by atoms with Crippen LogP contribution in [0.15, 0.2) is 72.2 Å². The highest BCUT2D eigenvalue weighted by Crippen LogP contribution is 2.36. The van der Waals surface area contributed by atoms with Gasteiger partial charge in [-0.2, -0.15) is 4.68 Å². The van der Waals surface area contributed by atoms with Gasteiger partial charge in [-0.05, 0) is 36.4 Å². The zero-order chi connectivity index (χ0) is 19.4. The van der Waals surface area contributed by atoms with E-state index in [-0.39, 0.29) is 0 Å². The van der Waals surface area contributed by atoms with E-state index in [0.717, 1.165) is 40.2 Å². The molecular formula is C20H16N8O. The second kappa shape index (κ2) is 5.93. The molecule has 0 fully saturated rings. The van der Waals surface area contributed by atoms with Crippen LogP contribution in [0.4, 0.5) is 11.6 Å². The van der Waals surface area contributed by atoms with Crippen LogP contribution in [0.2, 0.25) is 0 Å². The number of hydrazine groups is 1. The lowest BCUT2D eigenvalue weighted by molar-refractivity contribution is 0.414. The highest BCUT2D eigenvalue weighted by Gasteiger charge is 2.37. The van der Waals surface area contributed by atoms with Gasteiger partial charge in [-0.15, -0.1) is 5.10 Å². The molecule has 0 saturated carbocycles. The van der Waals surface area contributed by atoms with Crippen molar-refractivity contribution < 1.29 is 4.74 Å². The summed E-state index contributed by atoms with van der Waals surface area (Å²) in [7, 11) is 1.65. The summed E-state index contributed by atoms with van der Waals surface area (Å²) in [6.07, 6.45) is 5.40. The van der Waals surface area contributed by atoms with Crippen LogP contribution in [-0.4, -0.2) is 44.2 Å². The number of nitrogens with zero attached hydrogens (tertiary/aromatic N) is 8. The molecule has 0 saturated heterocycles. The maximum atomic E-state index is 5.26. The molecule has 0 amide bonds. The zero-order valence-electron chi connectivity index (χ0n) is 15.5. The standard InChI is InChI=1S/C20H16N8O/c1-29-15-8-6-14(7-9-15)27-19(11-23-24-27)26-13-22-20-16-4-2-3-5-17(16)25-12-21-10-18(25)28(20)26/h2-12H,13H2,1H3. The maximum Gasteiger partial charge on any atom is 0.173 e. The average molecular weight is 384 g/mol. The highest BCUT2D eigenvalue weighted by atomic mass is 16.5. The minimum Gasteiger partial charge on any atom is -0.497 e. The molecule has 0 spiro atoms. The smallest absolute Gasteiger partial charge is 0.173 e. The quantitative estimate of drug-likeness (QED) is 0.540. The number of ether oxygens (including phenoxy) is 1. The normalized spacial score (nSPS) is 14.3. The van der Waals surface area contributed by atoms with Crippen molar-refractivity contribution in [3.63, 3.8) is 0 Å². The van der Waals surface area contributed by atoms with Gasteiger partial charge in [-0.25, -0.2) is 20.0 Å². The van der Waals surface area contributed by atoms with Crippen molar-refractivity contribution in [2.24, 2.45) is 4.99 Å². The highest BCUT2D eigenvalue weighted by molar-refractivity contribution is 6.16. The average Bonchev–Trinajstić information content (AvgIpc) is 3.52. The van der Waals surface area contributed by atoms with Gasteiger partial charge in [-0.1, -0.05) is 17.3 Å². The monoisotopic (exact) mass is 384 g/mol. The van der Waals surface area contributed by atoms with Crippen molar-refractivity contribution in [3.05, 3.63) is 72.8 Å². The summed E-state index contributed by atoms with van der Waals surface area (Å²) in [6.45, 7) is 0.457. The molecule has 0 unspecified atom stereocenters. The first kappa shape index (κ1) is 15.9. The number of rotatable bonds is 3. The number of anilines is 2. The lowest BCUT2D eigenvalue weighted by Gasteiger charge is -2.34. The van der Waals surface area contributed by atoms with Crippen molar-refractivity contribution in [1.29, 1.82) is 0 Å². The van der Waals surface area contributed by atoms with Crippen LogP contribution in [-0.2, 0) is 0 Å². The number of hydrogen-bond acceptors (Lipinski definition) is 7. The van der Waals surface area contributed by atoms with Crippen LogP contribution >= 0.6 is 0 Å². The largest absolute Gasteiger partial charge is 0.497 e. The number of imidazole rings is 1. The Labute approximate surface area is 166 Å². The third-order valence-corrected chi connectivity index (χ3v) is 5.15. The molecule has 9 nitrogen and oxygen atoms in total. The fourth-order valence-electron chi connectivity index (χ4n) is 3.80. The van der Waals surface area contributed by atoms with Crippen LogP contribution in [0.1, 0.15) is 5.56 Å². The molecule has 4 aromatic rings. The number of amidine groups is 1. The molecule has 6 rings (SSSR count). The molecule has 4 heterocycles. The van der Waals surface area contributed by atoms with Gasteiger partial charge in [0.2, 0.25) is 0 Å². The Hall–Kier alpha value is -4.14. The summed E-state index contributed by atoms with van der Waals surface area (Å²) in [5.74, 6) is 3.40. The van der Waals surface area contributed by atoms with Gasteiger partial charge in [0.25, 0.3) is 0 Å². The van der Waals surface area contributed by atoms with Gasteiger partial charge < -0.3 is 4.74 Å². The van der Waals surface area contributed by atoms with E-state index >= 15 is 0 Å². The predicted octanol–water partition coefficient (Wildman–Crippen LogP) is 2.42. The second-order valence-corrected chi connectivity index (χ2v) is 6.68. The topological polar surface area (TPSA) is 76.6 Å². The van der Waals surface area contributed by atoms with Crippen molar-refractivity contribution in [2.75, 3.05) is 23.8 Å². The first-order chi connectivity index (χ1) is 14.3. The summed E-state index contributed by atoms with van der Waals surface area (Å²) in [6, 6.07) is 15.9. The molecule has 0 radical (unpaired) electrons. The third kappa shape index (κ3) is 2.21. The van der Waals surface area contributed by atoms with Crippen molar-refractivity contribution in [2.45, 2.75) is 0 Å². The van der Waals surface area contributed by atoms with E-state index in [4.69, 9.17) is 9.73 Å². The molecule has 9 heteroatoms. The summed E-state index contributed by atoms with van der Waals surface area (Å²) in [4.78, 5) is 9.18. The lowest BCUT2D eigenvalue weighted by Crippen LogP contribution is -2.46. The molecule has 2 aliphatic heterocycles. The Kier molecular flexibility index (Phi) is 3.25. The number of hydrogen-bond donors (Lipinski definition) is 0. The molecule has 142 valence electrons. The minimum absolute atomic E-state index is 0.457. The molecule has 29 heavy (non-hydrogen) atoms. The van der Waals surface area contributed by atoms with E-state index in [9.17, 15) is 0 Å². The Morgan fingerprint density at radius 3 is 2.69 bits per heavy atom. The first-order valence-corrected chi connectivity index (χ1v) is 9.14. The number of para-hydroxylation sites is 1. The van der Waals surface area contributed by atoms with E-state index in [1.165, 1.54) is 0 Å². The summed E-state index contributed by atoms with van der Waals surface area (Å²) in [5, 5.41) is 12.6. The first-order valence-electron chi connectivity index (χ1n) is 9.14. The Bertz CT molecular complexity index is 1240. The van der Waals surface area contributed by atoms with Crippen molar-refractivity contribution in [3.8, 4) is 17.1 Å². The summed E-state index contributed by atoms with van der Waals surface area (Å²) in [5.41, 5.74) is 3.01. The van der Waals surface area contributed by atoms with Gasteiger partial charge in [0.15, 0.2) is 17.5 Å². The second-order valence-electron chi connectivity index (χ2n) is 6.68. The van der Waals surface area contributed by atoms with Gasteiger partial charge in [-0.3, -0.25) is 4.57 Å². The number of fused-ring (bicyclic) bond motifs is 6. The molecule has 2 aromatic heterocycles. The molecule has 0 atom stereocenters. The Morgan fingerprint density at radius 2 is 1.83 bits per heavy atom. The van der Waals surface area contributed by atoms with Gasteiger partial charge >= 0.3 is 0 Å². The molecule has 0 bridgehead atoms. The van der Waals surface area contributed by atoms with Gasteiger partial charge in [0, 0.05) is 5.56 Å². The van der Waals surface area contributed by atoms with E-state index in [0.29, 0.717) is 6.67 Å². The van der Waals surface area contributed by atoms with E-state index in [1.807, 2.05) is 53.9 Å². The number of benzene rings is 2. The fraction of sp³-hybridized carbons (Fsp3) is 0.100. The van der Waals surface area contributed by atoms with Gasteiger partial charge in [0.1, 0.15) is 18.7 Å². The molecular weight excluding hydrogens is 368 g/mol. The van der Waals surface area contributed by atoms with Crippen molar-refractivity contribution >= 4 is 17.5 Å². The molecule has 2 aromatic carbocycles. The van der Waals surface area contributed by atoms with Crippen LogP contribution < -0.4 is 14.8 Å². The van der Waals surface area contributed by atoms with Crippen LogP contribution in [0.5, 0.6) is 5.75 Å². The van der Waals surface area contributed by atoms with E-state index in [1.54, 1.807) is 18.0 Å². The fourth-order valence-corrected chi connectivity index (χ4v) is 3.80. The molecule has 2 aliphatic rings. The minimum atomic E-state index is 0.457. The van der Waals surface area contributed by atoms with E-state index in [2.05, 4.69) is 37.0 Å². The van der Waals surface area contributed by atoms with Crippen LogP contribution in [0, 0.1) is 0 Å². The molecule has 0 aliphatic carbocycles. The number of aliphatic imine (C=N–C) groups is 1. The van der Waals surface area contributed by atoms with Crippen LogP contribution in [0.25, 0.3) is 11.4 Å².